The lowest BCUT2D eigenvalue weighted by molar-refractivity contribution is -0.164. The molecule has 50 heavy (non-hydrogen) atoms. The Hall–Kier alpha value is -3.51. The van der Waals surface area contributed by atoms with Crippen LogP contribution in [-0.4, -0.2) is 89.1 Å². The number of aliphatic hydroxyl groups excluding tert-OH is 1. The van der Waals surface area contributed by atoms with Crippen LogP contribution in [0, 0.1) is 11.8 Å². The Balaban J connectivity index is 1.46. The van der Waals surface area contributed by atoms with Gasteiger partial charge in [0.25, 0.3) is 5.91 Å². The van der Waals surface area contributed by atoms with Crippen molar-refractivity contribution in [1.82, 2.24) is 9.80 Å². The minimum absolute atomic E-state index is 0.0830. The summed E-state index contributed by atoms with van der Waals surface area (Å²) in [7, 11) is 1.70. The molecule has 3 amide bonds. The molecule has 0 saturated carbocycles. The maximum Gasteiger partial charge on any atom is 0.313 e. The Morgan fingerprint density at radius 2 is 1.66 bits per heavy atom. The molecule has 2 aromatic carbocycles. The fraction of sp³-hybridized carbons (Fsp3) is 0.474. The summed E-state index contributed by atoms with van der Waals surface area (Å²) in [5.41, 5.74) is -0.256. The second kappa shape index (κ2) is 15.4. The molecule has 0 radical (unpaired) electrons. The van der Waals surface area contributed by atoms with Crippen LogP contribution in [-0.2, 0) is 28.7 Å². The van der Waals surface area contributed by atoms with Crippen LogP contribution in [0.15, 0.2) is 77.3 Å². The van der Waals surface area contributed by atoms with Crippen LogP contribution in [0.25, 0.3) is 0 Å². The number of carbonyl (C=O) groups excluding carboxylic acids is 4. The van der Waals surface area contributed by atoms with E-state index >= 15 is 4.79 Å². The zero-order chi connectivity index (χ0) is 35.6. The number of ether oxygens (including phenoxy) is 2. The lowest BCUT2D eigenvalue weighted by Crippen LogP contribution is -2.56. The van der Waals surface area contributed by atoms with Gasteiger partial charge in [-0.1, -0.05) is 95.0 Å². The highest BCUT2D eigenvalue weighted by Crippen LogP contribution is 2.59. The fourth-order valence-electron chi connectivity index (χ4n) is 7.78. The van der Waals surface area contributed by atoms with Crippen molar-refractivity contribution < 1.29 is 33.8 Å². The topological polar surface area (TPSA) is 117 Å². The molecule has 4 aliphatic heterocycles. The van der Waals surface area contributed by atoms with Gasteiger partial charge in [0.05, 0.1) is 22.7 Å². The second-order valence-corrected chi connectivity index (χ2v) is 14.7. The van der Waals surface area contributed by atoms with Crippen LogP contribution in [0.2, 0.25) is 5.02 Å². The molecule has 7 atom stereocenters. The number of halogens is 2. The Kier molecular flexibility index (Phi) is 11.2. The molecule has 4 aliphatic rings. The zero-order valence-corrected chi connectivity index (χ0v) is 30.6. The molecule has 6 rings (SSSR count). The van der Waals surface area contributed by atoms with E-state index in [1.54, 1.807) is 52.1 Å². The number of nitrogens with zero attached hydrogens (tertiary/aromatic N) is 3. The number of para-hydroxylation sites is 1. The monoisotopic (exact) mass is 767 g/mol. The number of hydrogen-bond acceptors (Lipinski definition) is 7. The number of benzene rings is 2. The summed E-state index contributed by atoms with van der Waals surface area (Å²) in [4.78, 5) is 62.3. The number of esters is 1. The molecule has 0 aromatic heterocycles. The zero-order valence-electron chi connectivity index (χ0n) is 28.3. The summed E-state index contributed by atoms with van der Waals surface area (Å²) in [5.74, 6) is -3.56. The molecule has 12 heteroatoms. The number of hydrogen-bond donors (Lipinski definition) is 1. The highest BCUT2D eigenvalue weighted by atomic mass is 79.9. The predicted molar refractivity (Wildman–Crippen MR) is 192 cm³/mol. The van der Waals surface area contributed by atoms with Crippen LogP contribution in [0.3, 0.4) is 0 Å². The van der Waals surface area contributed by atoms with Crippen LogP contribution < -0.4 is 4.90 Å². The highest BCUT2D eigenvalue weighted by molar-refractivity contribution is 9.11. The Morgan fingerprint density at radius 1 is 0.940 bits per heavy atom. The van der Waals surface area contributed by atoms with Crippen molar-refractivity contribution in [2.75, 3.05) is 31.6 Å². The molecular weight excluding hydrogens is 726 g/mol. The van der Waals surface area contributed by atoms with Gasteiger partial charge < -0.3 is 29.3 Å². The maximum absolute atomic E-state index is 15.0. The van der Waals surface area contributed by atoms with E-state index in [4.69, 9.17) is 21.1 Å². The molecule has 2 saturated heterocycles. The van der Waals surface area contributed by atoms with Gasteiger partial charge in [-0.3, -0.25) is 19.2 Å². The van der Waals surface area contributed by atoms with E-state index < -0.39 is 53.6 Å². The summed E-state index contributed by atoms with van der Waals surface area (Å²) in [6, 6.07) is 14.7. The number of fused-ring (bicyclic) bond motifs is 2. The Morgan fingerprint density at radius 3 is 2.40 bits per heavy atom. The maximum atomic E-state index is 15.0. The van der Waals surface area contributed by atoms with E-state index in [0.717, 1.165) is 12.8 Å². The standard InChI is InChI=1S/C38H43BrClN3O7/c1-24-32(25-15-7-5-8-16-25)49-37(48)30-31-35(46)43(21-12-3-4-14-22-44)34(38(31)23-26(39)33(30)50-38)36(47)42(28-18-11-10-17-27(28)40)20-13-6-9-19-29(45)41(24)2/h5-8,10-11,13,15-18,23-24,30-34,44H,3-4,9,12,14,19-22H2,1-2H3/b13-6-/t24-,30+,31-,32+,33+,34+,38-/m1/s1. The number of anilines is 1. The van der Waals surface area contributed by atoms with Gasteiger partial charge in [0.1, 0.15) is 29.8 Å². The number of rotatable bonds is 8. The number of carbonyl (C=O) groups is 4. The normalized spacial score (nSPS) is 30.8. The highest BCUT2D eigenvalue weighted by Gasteiger charge is 2.75. The third-order valence-electron chi connectivity index (χ3n) is 10.4. The van der Waals surface area contributed by atoms with E-state index in [2.05, 4.69) is 15.9 Å². The van der Waals surface area contributed by atoms with Crippen molar-refractivity contribution in [2.45, 2.75) is 75.3 Å². The summed E-state index contributed by atoms with van der Waals surface area (Å²) in [5, 5.41) is 9.66. The number of aliphatic hydroxyl groups is 1. The van der Waals surface area contributed by atoms with E-state index in [1.165, 1.54) is 0 Å². The predicted octanol–water partition coefficient (Wildman–Crippen LogP) is 5.58. The number of allylic oxidation sites excluding steroid dienone is 1. The largest absolute Gasteiger partial charge is 0.455 e. The minimum atomic E-state index is -1.44. The van der Waals surface area contributed by atoms with Crippen molar-refractivity contribution in [2.24, 2.45) is 11.8 Å². The fourth-order valence-corrected chi connectivity index (χ4v) is 8.76. The molecule has 2 aromatic rings. The first-order valence-electron chi connectivity index (χ1n) is 17.3. The van der Waals surface area contributed by atoms with Crippen LogP contribution >= 0.6 is 27.5 Å². The molecule has 0 aliphatic carbocycles. The lowest BCUT2D eigenvalue weighted by Gasteiger charge is -2.36. The smallest absolute Gasteiger partial charge is 0.313 e. The van der Waals surface area contributed by atoms with E-state index in [9.17, 15) is 19.5 Å². The average Bonchev–Trinajstić information content (AvgIpc) is 3.71. The molecule has 4 heterocycles. The first-order valence-corrected chi connectivity index (χ1v) is 18.5. The molecule has 10 nitrogen and oxygen atoms in total. The average molecular weight is 769 g/mol. The van der Waals surface area contributed by atoms with E-state index in [1.807, 2.05) is 49.4 Å². The number of cyclic esters (lactones) is 1. The SMILES string of the molecule is C[C@@H]1[C@@H](c2ccccc2)OC(=O)[C@@H]2[C@H]3O[C@@]4(C=C3Br)[C@H](C(=O)N(c3ccccc3Cl)C/C=C\CCC(=O)N1C)N(CCCCCCO)C(=O)[C@@H]24. The van der Waals surface area contributed by atoms with Crippen LogP contribution in [0.1, 0.15) is 57.1 Å². The van der Waals surface area contributed by atoms with Crippen molar-refractivity contribution in [3.63, 3.8) is 0 Å². The molecule has 1 spiro atoms. The van der Waals surface area contributed by atoms with E-state index in [-0.39, 0.29) is 37.9 Å². The molecule has 0 unspecified atom stereocenters. The van der Waals surface area contributed by atoms with Gasteiger partial charge in [-0.05, 0) is 50.0 Å². The van der Waals surface area contributed by atoms with Gasteiger partial charge in [0.2, 0.25) is 11.8 Å². The third kappa shape index (κ3) is 6.65. The van der Waals surface area contributed by atoms with Gasteiger partial charge in [0, 0.05) is 37.6 Å². The van der Waals surface area contributed by atoms with Gasteiger partial charge >= 0.3 is 5.97 Å². The number of likely N-dealkylation sites (tertiary alicyclic amines) is 1. The minimum Gasteiger partial charge on any atom is -0.455 e. The second-order valence-electron chi connectivity index (χ2n) is 13.4. The first kappa shape index (κ1) is 36.3. The van der Waals surface area contributed by atoms with Crippen LogP contribution in [0.5, 0.6) is 0 Å². The summed E-state index contributed by atoms with van der Waals surface area (Å²) in [6.07, 6.45) is 7.23. The molecule has 2 fully saturated rings. The van der Waals surface area contributed by atoms with Crippen molar-refractivity contribution in [3.8, 4) is 0 Å². The number of amides is 3. The summed E-state index contributed by atoms with van der Waals surface area (Å²) in [6.45, 7) is 2.33. The molecule has 5 bridgehead atoms. The van der Waals surface area contributed by atoms with E-state index in [0.29, 0.717) is 40.0 Å². The third-order valence-corrected chi connectivity index (χ3v) is 11.4. The Labute approximate surface area is 306 Å². The van der Waals surface area contributed by atoms with Crippen molar-refractivity contribution in [3.05, 3.63) is 87.9 Å². The molecule has 1 N–H and O–H groups in total. The van der Waals surface area contributed by atoms with Crippen molar-refractivity contribution in [1.29, 1.82) is 0 Å². The summed E-state index contributed by atoms with van der Waals surface area (Å²) < 4.78 is 13.6. The number of unbranched alkanes of at least 4 members (excludes halogenated alkanes) is 3. The van der Waals surface area contributed by atoms with Crippen molar-refractivity contribution >= 4 is 56.9 Å². The van der Waals surface area contributed by atoms with Crippen LogP contribution in [0.4, 0.5) is 5.69 Å². The molecular formula is C38H43BrClN3O7. The quantitative estimate of drug-likeness (QED) is 0.212. The van der Waals surface area contributed by atoms with Gasteiger partial charge in [0.15, 0.2) is 0 Å². The van der Waals surface area contributed by atoms with Gasteiger partial charge in [-0.2, -0.15) is 0 Å². The lowest BCUT2D eigenvalue weighted by atomic mass is 9.74. The first-order chi connectivity index (χ1) is 24.1. The number of likely N-dealkylation sites (N-methyl/N-ethyl adjacent to an activating group) is 1. The van der Waals surface area contributed by atoms with Gasteiger partial charge in [-0.25, -0.2) is 0 Å². The van der Waals surface area contributed by atoms with Gasteiger partial charge in [-0.15, -0.1) is 0 Å². The Bertz CT molecular complexity index is 1670. The summed E-state index contributed by atoms with van der Waals surface area (Å²) >= 11 is 10.3. The molecule has 266 valence electrons.